The molecule has 0 spiro atoms. The van der Waals surface area contributed by atoms with Crippen LogP contribution < -0.4 is 0 Å². The summed E-state index contributed by atoms with van der Waals surface area (Å²) in [5, 5.41) is 19.2. The Morgan fingerprint density at radius 2 is 2.05 bits per heavy atom. The predicted molar refractivity (Wildman–Crippen MR) is 69.8 cm³/mol. The summed E-state index contributed by atoms with van der Waals surface area (Å²) >= 11 is 3.03. The van der Waals surface area contributed by atoms with Crippen LogP contribution >= 0.6 is 15.9 Å². The van der Waals surface area contributed by atoms with Crippen molar-refractivity contribution in [3.8, 4) is 0 Å². The van der Waals surface area contributed by atoms with E-state index in [1.165, 1.54) is 6.07 Å². The van der Waals surface area contributed by atoms with Gasteiger partial charge >= 0.3 is 12.1 Å². The second-order valence-corrected chi connectivity index (χ2v) is 5.04. The van der Waals surface area contributed by atoms with Crippen molar-refractivity contribution in [1.82, 2.24) is 4.90 Å². The number of non-ortho nitro benzene ring substituents is 1. The van der Waals surface area contributed by atoms with Gasteiger partial charge < -0.3 is 5.11 Å². The summed E-state index contributed by atoms with van der Waals surface area (Å²) in [6.45, 7) is -2.48. The lowest BCUT2D eigenvalue weighted by atomic mass is 10.2. The van der Waals surface area contributed by atoms with Crippen LogP contribution in [0.5, 0.6) is 0 Å². The molecule has 21 heavy (non-hydrogen) atoms. The van der Waals surface area contributed by atoms with Gasteiger partial charge in [-0.25, -0.2) is 0 Å². The van der Waals surface area contributed by atoms with E-state index in [-0.39, 0.29) is 16.7 Å². The quantitative estimate of drug-likeness (QED) is 0.614. The topological polar surface area (TPSA) is 83.7 Å². The van der Waals surface area contributed by atoms with Crippen molar-refractivity contribution < 1.29 is 28.0 Å². The standard InChI is InChI=1S/C11H10BrF3N2O4/c12-9-3-8(17(20)21)2-1-7(9)4-16(5-10(18)19)6-11(13,14)15/h1-3H,4-6H2,(H,18,19). The molecule has 0 radical (unpaired) electrons. The van der Waals surface area contributed by atoms with Gasteiger partial charge in [0.25, 0.3) is 5.69 Å². The van der Waals surface area contributed by atoms with Crippen molar-refractivity contribution in [3.63, 3.8) is 0 Å². The largest absolute Gasteiger partial charge is 0.480 e. The summed E-state index contributed by atoms with van der Waals surface area (Å²) in [4.78, 5) is 21.2. The van der Waals surface area contributed by atoms with Crippen LogP contribution in [0.2, 0.25) is 0 Å². The first-order valence-electron chi connectivity index (χ1n) is 5.52. The normalized spacial score (nSPS) is 11.7. The Balaban J connectivity index is 2.92. The van der Waals surface area contributed by atoms with Gasteiger partial charge in [0.1, 0.15) is 0 Å². The molecule has 0 bridgehead atoms. The van der Waals surface area contributed by atoms with Crippen molar-refractivity contribution in [2.45, 2.75) is 12.7 Å². The predicted octanol–water partition coefficient (Wildman–Crippen LogP) is 2.81. The van der Waals surface area contributed by atoms with Gasteiger partial charge in [-0.1, -0.05) is 15.9 Å². The second kappa shape index (κ2) is 6.85. The summed E-state index contributed by atoms with van der Waals surface area (Å²) in [5.74, 6) is -1.39. The molecule has 0 unspecified atom stereocenters. The van der Waals surface area contributed by atoms with E-state index in [1.54, 1.807) is 0 Å². The monoisotopic (exact) mass is 370 g/mol. The number of halogens is 4. The lowest BCUT2D eigenvalue weighted by Crippen LogP contribution is -2.37. The highest BCUT2D eigenvalue weighted by molar-refractivity contribution is 9.10. The van der Waals surface area contributed by atoms with E-state index in [9.17, 15) is 28.1 Å². The smallest absolute Gasteiger partial charge is 0.401 e. The van der Waals surface area contributed by atoms with Crippen LogP contribution in [0.4, 0.5) is 18.9 Å². The summed E-state index contributed by atoms with van der Waals surface area (Å²) < 4.78 is 37.4. The van der Waals surface area contributed by atoms with Crippen molar-refractivity contribution in [2.24, 2.45) is 0 Å². The van der Waals surface area contributed by atoms with Gasteiger partial charge in [-0.05, 0) is 11.6 Å². The molecule has 0 aliphatic carbocycles. The van der Waals surface area contributed by atoms with Crippen LogP contribution in [0.1, 0.15) is 5.56 Å². The fourth-order valence-corrected chi connectivity index (χ4v) is 2.12. The Labute approximate surface area is 125 Å². The number of rotatable bonds is 6. The Kier molecular flexibility index (Phi) is 5.67. The molecular weight excluding hydrogens is 361 g/mol. The van der Waals surface area contributed by atoms with E-state index in [0.29, 0.717) is 10.5 Å². The molecule has 116 valence electrons. The minimum absolute atomic E-state index is 0.216. The Hall–Kier alpha value is -1.68. The minimum Gasteiger partial charge on any atom is -0.480 e. The molecule has 0 fully saturated rings. The number of nitro benzene ring substituents is 1. The number of aliphatic carboxylic acids is 1. The number of nitro groups is 1. The first-order chi connectivity index (χ1) is 9.58. The molecule has 0 amide bonds. The van der Waals surface area contributed by atoms with Gasteiger partial charge in [0.2, 0.25) is 0 Å². The Morgan fingerprint density at radius 3 is 2.48 bits per heavy atom. The van der Waals surface area contributed by atoms with Crippen molar-refractivity contribution in [2.75, 3.05) is 13.1 Å². The third-order valence-electron chi connectivity index (χ3n) is 2.40. The van der Waals surface area contributed by atoms with Crippen molar-refractivity contribution >= 4 is 27.6 Å². The maximum absolute atomic E-state index is 12.4. The number of nitrogens with zero attached hydrogens (tertiary/aromatic N) is 2. The number of carbonyl (C=O) groups is 1. The third kappa shape index (κ3) is 6.08. The average molecular weight is 371 g/mol. The van der Waals surface area contributed by atoms with Gasteiger partial charge in [-0.15, -0.1) is 0 Å². The van der Waals surface area contributed by atoms with E-state index >= 15 is 0 Å². The molecule has 1 N–H and O–H groups in total. The van der Waals surface area contributed by atoms with Gasteiger partial charge in [0.05, 0.1) is 18.0 Å². The molecule has 0 aliphatic rings. The highest BCUT2D eigenvalue weighted by Gasteiger charge is 2.31. The number of alkyl halides is 3. The molecule has 0 saturated heterocycles. The number of carboxylic acids is 1. The second-order valence-electron chi connectivity index (χ2n) is 4.19. The zero-order valence-electron chi connectivity index (χ0n) is 10.4. The van der Waals surface area contributed by atoms with Crippen molar-refractivity contribution in [1.29, 1.82) is 0 Å². The van der Waals surface area contributed by atoms with Crippen LogP contribution in [0.15, 0.2) is 22.7 Å². The van der Waals surface area contributed by atoms with E-state index in [2.05, 4.69) is 15.9 Å². The molecule has 0 saturated carbocycles. The highest BCUT2D eigenvalue weighted by Crippen LogP contribution is 2.25. The maximum Gasteiger partial charge on any atom is 0.401 e. The van der Waals surface area contributed by atoms with Gasteiger partial charge in [0.15, 0.2) is 0 Å². The van der Waals surface area contributed by atoms with E-state index in [1.807, 2.05) is 0 Å². The van der Waals surface area contributed by atoms with E-state index in [0.717, 1.165) is 12.1 Å². The van der Waals surface area contributed by atoms with Gasteiger partial charge in [-0.2, -0.15) is 13.2 Å². The zero-order chi connectivity index (χ0) is 16.2. The number of hydrogen-bond acceptors (Lipinski definition) is 4. The molecule has 0 aromatic heterocycles. The van der Waals surface area contributed by atoms with Crippen LogP contribution in [-0.2, 0) is 11.3 Å². The lowest BCUT2D eigenvalue weighted by Gasteiger charge is -2.22. The van der Waals surface area contributed by atoms with Crippen LogP contribution in [0.25, 0.3) is 0 Å². The summed E-state index contributed by atoms with van der Waals surface area (Å²) in [5.41, 5.74) is 0.109. The molecule has 1 aromatic carbocycles. The molecule has 1 aromatic rings. The van der Waals surface area contributed by atoms with Gasteiger partial charge in [-0.3, -0.25) is 19.8 Å². The number of hydrogen-bond donors (Lipinski definition) is 1. The summed E-state index contributed by atoms with van der Waals surface area (Å²) in [7, 11) is 0. The average Bonchev–Trinajstić information content (AvgIpc) is 2.28. The summed E-state index contributed by atoms with van der Waals surface area (Å²) in [6.07, 6.45) is -4.54. The molecule has 6 nitrogen and oxygen atoms in total. The molecular formula is C11H10BrF3N2O4. The number of carboxylic acid groups (broad SMARTS) is 1. The molecule has 0 heterocycles. The van der Waals surface area contributed by atoms with Crippen molar-refractivity contribution in [3.05, 3.63) is 38.3 Å². The fraction of sp³-hybridized carbons (Fsp3) is 0.364. The van der Waals surface area contributed by atoms with E-state index < -0.39 is 30.2 Å². The van der Waals surface area contributed by atoms with Crippen LogP contribution in [-0.4, -0.2) is 40.2 Å². The van der Waals surface area contributed by atoms with Crippen LogP contribution in [0, 0.1) is 10.1 Å². The molecule has 0 aliphatic heterocycles. The first kappa shape index (κ1) is 17.4. The zero-order valence-corrected chi connectivity index (χ0v) is 12.0. The summed E-state index contributed by atoms with van der Waals surface area (Å²) in [6, 6.07) is 3.59. The first-order valence-corrected chi connectivity index (χ1v) is 6.31. The highest BCUT2D eigenvalue weighted by atomic mass is 79.9. The molecule has 1 rings (SSSR count). The SMILES string of the molecule is O=C(O)CN(Cc1ccc([N+](=O)[O-])cc1Br)CC(F)(F)F. The Morgan fingerprint density at radius 1 is 1.43 bits per heavy atom. The Bertz CT molecular complexity index is 551. The number of benzene rings is 1. The third-order valence-corrected chi connectivity index (χ3v) is 3.14. The maximum atomic E-state index is 12.4. The van der Waals surface area contributed by atoms with E-state index in [4.69, 9.17) is 5.11 Å². The lowest BCUT2D eigenvalue weighted by molar-refractivity contribution is -0.385. The fourth-order valence-electron chi connectivity index (χ4n) is 1.63. The minimum atomic E-state index is -4.54. The van der Waals surface area contributed by atoms with Crippen LogP contribution in [0.3, 0.4) is 0 Å². The molecule has 10 heteroatoms. The van der Waals surface area contributed by atoms with Gasteiger partial charge in [0, 0.05) is 23.2 Å². The molecule has 0 atom stereocenters.